The minimum atomic E-state index is 0.0277. The summed E-state index contributed by atoms with van der Waals surface area (Å²) in [6, 6.07) is 4.06. The Morgan fingerprint density at radius 2 is 2.35 bits per heavy atom. The Balaban J connectivity index is 1.81. The topological polar surface area (TPSA) is 69.8 Å². The summed E-state index contributed by atoms with van der Waals surface area (Å²) in [5.41, 5.74) is 2.10. The molecule has 0 saturated carbocycles. The van der Waals surface area contributed by atoms with Gasteiger partial charge in [0.05, 0.1) is 23.3 Å². The number of nitrogens with zero attached hydrogens (tertiary/aromatic N) is 1. The zero-order valence-corrected chi connectivity index (χ0v) is 12.6. The fourth-order valence-electron chi connectivity index (χ4n) is 1.77. The fraction of sp³-hybridized carbons (Fsp3) is 0.429. The maximum absolute atomic E-state index is 11.6. The molecule has 20 heavy (non-hydrogen) atoms. The molecule has 0 spiro atoms. The van der Waals surface area contributed by atoms with E-state index in [1.807, 2.05) is 11.4 Å². The summed E-state index contributed by atoms with van der Waals surface area (Å²) in [4.78, 5) is 12.8. The van der Waals surface area contributed by atoms with Crippen LogP contribution in [0.5, 0.6) is 0 Å². The van der Waals surface area contributed by atoms with Crippen LogP contribution in [-0.4, -0.2) is 29.2 Å². The average Bonchev–Trinajstić information content (AvgIpc) is 3.06. The molecule has 0 atom stereocenters. The van der Waals surface area contributed by atoms with E-state index in [2.05, 4.69) is 40.7 Å². The van der Waals surface area contributed by atoms with Crippen molar-refractivity contribution in [3.63, 3.8) is 0 Å². The van der Waals surface area contributed by atoms with Gasteiger partial charge in [0, 0.05) is 18.7 Å². The molecule has 0 bridgehead atoms. The molecule has 1 amide bonds. The smallest absolute Gasteiger partial charge is 0.233 e. The first-order valence-corrected chi connectivity index (χ1v) is 7.58. The maximum atomic E-state index is 11.6. The lowest BCUT2D eigenvalue weighted by atomic mass is 10.2. The number of hydrogen-bond donors (Lipinski definition) is 3. The van der Waals surface area contributed by atoms with E-state index in [0.717, 1.165) is 16.1 Å². The highest BCUT2D eigenvalue weighted by Gasteiger charge is 2.09. The van der Waals surface area contributed by atoms with E-state index in [9.17, 15) is 4.79 Å². The van der Waals surface area contributed by atoms with Crippen molar-refractivity contribution in [3.8, 4) is 10.6 Å². The van der Waals surface area contributed by atoms with Crippen LogP contribution < -0.4 is 10.6 Å². The number of amides is 1. The molecule has 2 aromatic heterocycles. The number of carbonyl (C=O) groups is 1. The molecule has 0 aliphatic heterocycles. The highest BCUT2D eigenvalue weighted by Crippen LogP contribution is 2.25. The monoisotopic (exact) mass is 292 g/mol. The van der Waals surface area contributed by atoms with Crippen LogP contribution >= 0.6 is 11.3 Å². The van der Waals surface area contributed by atoms with Crippen LogP contribution in [0.1, 0.15) is 19.4 Å². The van der Waals surface area contributed by atoms with Crippen molar-refractivity contribution in [3.05, 3.63) is 29.3 Å². The van der Waals surface area contributed by atoms with Crippen LogP contribution in [-0.2, 0) is 11.3 Å². The van der Waals surface area contributed by atoms with Crippen LogP contribution in [0.3, 0.4) is 0 Å². The largest absolute Gasteiger partial charge is 0.355 e. The quantitative estimate of drug-likeness (QED) is 0.731. The third-order valence-corrected chi connectivity index (χ3v) is 3.68. The summed E-state index contributed by atoms with van der Waals surface area (Å²) < 4.78 is 0. The van der Waals surface area contributed by atoms with E-state index in [-0.39, 0.29) is 5.91 Å². The number of aromatic nitrogens is 2. The molecular weight excluding hydrogens is 272 g/mol. The van der Waals surface area contributed by atoms with Gasteiger partial charge in [0.25, 0.3) is 0 Å². The highest BCUT2D eigenvalue weighted by molar-refractivity contribution is 7.13. The van der Waals surface area contributed by atoms with Gasteiger partial charge < -0.3 is 10.6 Å². The molecule has 2 aromatic rings. The third-order valence-electron chi connectivity index (χ3n) is 2.79. The molecule has 0 saturated heterocycles. The lowest BCUT2D eigenvalue weighted by Gasteiger charge is -2.08. The summed E-state index contributed by atoms with van der Waals surface area (Å²) >= 11 is 1.67. The van der Waals surface area contributed by atoms with Crippen molar-refractivity contribution >= 4 is 17.2 Å². The standard InChI is InChI=1S/C14H20N4OS/c1-10(2)6-16-13(19)9-15-7-11-8-17-18-14(11)12-4-3-5-20-12/h3-5,8,10,15H,6-7,9H2,1-2H3,(H,16,19)(H,17,18). The molecule has 108 valence electrons. The molecule has 0 aliphatic carbocycles. The van der Waals surface area contributed by atoms with E-state index < -0.39 is 0 Å². The number of carbonyl (C=O) groups excluding carboxylic acids is 1. The molecule has 0 radical (unpaired) electrons. The molecule has 2 heterocycles. The first-order valence-electron chi connectivity index (χ1n) is 6.70. The van der Waals surface area contributed by atoms with Crippen LogP contribution in [0.4, 0.5) is 0 Å². The Kier molecular flexibility index (Phi) is 5.31. The maximum Gasteiger partial charge on any atom is 0.233 e. The number of nitrogens with one attached hydrogen (secondary N) is 3. The number of hydrogen-bond acceptors (Lipinski definition) is 4. The summed E-state index contributed by atoms with van der Waals surface area (Å²) in [6.45, 7) is 5.81. The van der Waals surface area contributed by atoms with Gasteiger partial charge in [-0.1, -0.05) is 19.9 Å². The minimum absolute atomic E-state index is 0.0277. The summed E-state index contributed by atoms with van der Waals surface area (Å²) in [5.74, 6) is 0.498. The van der Waals surface area contributed by atoms with E-state index in [0.29, 0.717) is 25.6 Å². The predicted molar refractivity (Wildman–Crippen MR) is 81.5 cm³/mol. The summed E-state index contributed by atoms with van der Waals surface area (Å²) in [6.07, 6.45) is 1.80. The number of H-pyrrole nitrogens is 1. The minimum Gasteiger partial charge on any atom is -0.355 e. The van der Waals surface area contributed by atoms with Gasteiger partial charge >= 0.3 is 0 Å². The fourth-order valence-corrected chi connectivity index (χ4v) is 2.53. The van der Waals surface area contributed by atoms with Crippen molar-refractivity contribution in [1.29, 1.82) is 0 Å². The second-order valence-corrected chi connectivity index (χ2v) is 6.00. The SMILES string of the molecule is CC(C)CNC(=O)CNCc1cn[nH]c1-c1cccs1. The van der Waals surface area contributed by atoms with Gasteiger partial charge in [-0.25, -0.2) is 0 Å². The molecule has 0 aromatic carbocycles. The summed E-state index contributed by atoms with van der Waals surface area (Å²) in [5, 5.41) is 15.1. The first kappa shape index (κ1) is 14.7. The Hall–Kier alpha value is -1.66. The lowest BCUT2D eigenvalue weighted by Crippen LogP contribution is -2.35. The van der Waals surface area contributed by atoms with E-state index in [4.69, 9.17) is 0 Å². The second kappa shape index (κ2) is 7.21. The Labute approximate surface area is 122 Å². The molecule has 0 unspecified atom stereocenters. The van der Waals surface area contributed by atoms with E-state index in [1.54, 1.807) is 17.5 Å². The average molecular weight is 292 g/mol. The van der Waals surface area contributed by atoms with Crippen LogP contribution in [0.2, 0.25) is 0 Å². The second-order valence-electron chi connectivity index (χ2n) is 5.05. The van der Waals surface area contributed by atoms with Crippen molar-refractivity contribution in [1.82, 2.24) is 20.8 Å². The zero-order chi connectivity index (χ0) is 14.4. The summed E-state index contributed by atoms with van der Waals surface area (Å²) in [7, 11) is 0. The number of aromatic amines is 1. The molecule has 0 fully saturated rings. The number of rotatable bonds is 7. The molecular formula is C14H20N4OS. The normalized spacial score (nSPS) is 10.9. The Bertz CT molecular complexity index is 533. The Morgan fingerprint density at radius 3 is 3.05 bits per heavy atom. The highest BCUT2D eigenvalue weighted by atomic mass is 32.1. The molecule has 2 rings (SSSR count). The van der Waals surface area contributed by atoms with Crippen LogP contribution in [0.15, 0.2) is 23.7 Å². The van der Waals surface area contributed by atoms with Gasteiger partial charge in [0.1, 0.15) is 0 Å². The Morgan fingerprint density at radius 1 is 1.50 bits per heavy atom. The van der Waals surface area contributed by atoms with Gasteiger partial charge in [0.15, 0.2) is 0 Å². The van der Waals surface area contributed by atoms with Crippen molar-refractivity contribution in [2.75, 3.05) is 13.1 Å². The molecule has 5 nitrogen and oxygen atoms in total. The van der Waals surface area contributed by atoms with Crippen molar-refractivity contribution < 1.29 is 4.79 Å². The zero-order valence-electron chi connectivity index (χ0n) is 11.8. The number of thiophene rings is 1. The van der Waals surface area contributed by atoms with Crippen molar-refractivity contribution in [2.24, 2.45) is 5.92 Å². The van der Waals surface area contributed by atoms with Gasteiger partial charge in [-0.2, -0.15) is 5.10 Å². The van der Waals surface area contributed by atoms with E-state index in [1.165, 1.54) is 0 Å². The van der Waals surface area contributed by atoms with Crippen LogP contribution in [0, 0.1) is 5.92 Å². The molecule has 3 N–H and O–H groups in total. The van der Waals surface area contributed by atoms with Gasteiger partial charge in [0.2, 0.25) is 5.91 Å². The van der Waals surface area contributed by atoms with Gasteiger partial charge in [-0.05, 0) is 17.4 Å². The molecule has 0 aliphatic rings. The third kappa shape index (κ3) is 4.18. The van der Waals surface area contributed by atoms with Gasteiger partial charge in [-0.15, -0.1) is 11.3 Å². The van der Waals surface area contributed by atoms with Crippen molar-refractivity contribution in [2.45, 2.75) is 20.4 Å². The predicted octanol–water partition coefficient (Wildman–Crippen LogP) is 2.00. The first-order chi connectivity index (χ1) is 9.66. The lowest BCUT2D eigenvalue weighted by molar-refractivity contribution is -0.120. The van der Waals surface area contributed by atoms with Crippen LogP contribution in [0.25, 0.3) is 10.6 Å². The van der Waals surface area contributed by atoms with E-state index >= 15 is 0 Å². The molecule has 6 heteroatoms. The van der Waals surface area contributed by atoms with Gasteiger partial charge in [-0.3, -0.25) is 9.89 Å².